The minimum absolute atomic E-state index is 0.0588. The summed E-state index contributed by atoms with van der Waals surface area (Å²) < 4.78 is 16.8. The van der Waals surface area contributed by atoms with Gasteiger partial charge in [0.1, 0.15) is 19.0 Å². The zero-order valence-electron chi connectivity index (χ0n) is 7.53. The molecule has 0 saturated heterocycles. The zero-order valence-corrected chi connectivity index (χ0v) is 7.53. The molecule has 13 heavy (non-hydrogen) atoms. The number of hydrogen-bond acceptors (Lipinski definition) is 2. The molecule has 1 N–H and O–H groups in total. The number of halogens is 1. The Morgan fingerprint density at radius 3 is 2.92 bits per heavy atom. The fourth-order valence-corrected chi connectivity index (χ4v) is 1.02. The first kappa shape index (κ1) is 9.99. The Bertz CT molecular complexity index is 261. The first-order valence-electron chi connectivity index (χ1n) is 4.21. The zero-order chi connectivity index (χ0) is 9.68. The number of ether oxygens (including phenoxy) is 1. The van der Waals surface area contributed by atoms with Crippen molar-refractivity contribution in [3.05, 3.63) is 29.8 Å². The molecule has 0 aliphatic carbocycles. The van der Waals surface area contributed by atoms with E-state index < -0.39 is 12.8 Å². The Labute approximate surface area is 77.0 Å². The van der Waals surface area contributed by atoms with Gasteiger partial charge in [0.15, 0.2) is 0 Å². The molecule has 0 unspecified atom stereocenters. The van der Waals surface area contributed by atoms with E-state index in [1.165, 1.54) is 0 Å². The smallest absolute Gasteiger partial charge is 0.123 e. The van der Waals surface area contributed by atoms with Crippen LogP contribution in [0.15, 0.2) is 24.3 Å². The standard InChI is InChI=1S/C10H13FO2/c1-8(12)9-3-2-4-10(7-9)13-6-5-11/h2-4,7-8,12H,5-6H2,1H3/t8-/m0/s1. The predicted molar refractivity (Wildman–Crippen MR) is 48.5 cm³/mol. The molecular weight excluding hydrogens is 171 g/mol. The third-order valence-corrected chi connectivity index (χ3v) is 1.69. The van der Waals surface area contributed by atoms with E-state index >= 15 is 0 Å². The van der Waals surface area contributed by atoms with Crippen LogP contribution >= 0.6 is 0 Å². The summed E-state index contributed by atoms with van der Waals surface area (Å²) in [6, 6.07) is 7.02. The molecule has 0 fully saturated rings. The van der Waals surface area contributed by atoms with Crippen LogP contribution in [-0.2, 0) is 0 Å². The Morgan fingerprint density at radius 2 is 2.31 bits per heavy atom. The van der Waals surface area contributed by atoms with Gasteiger partial charge in [0.05, 0.1) is 6.10 Å². The molecule has 0 amide bonds. The molecule has 1 aromatic carbocycles. The van der Waals surface area contributed by atoms with Gasteiger partial charge in [-0.3, -0.25) is 0 Å². The molecule has 0 heterocycles. The second-order valence-electron chi connectivity index (χ2n) is 2.79. The third-order valence-electron chi connectivity index (χ3n) is 1.69. The van der Waals surface area contributed by atoms with Crippen molar-refractivity contribution in [1.29, 1.82) is 0 Å². The monoisotopic (exact) mass is 184 g/mol. The van der Waals surface area contributed by atoms with Gasteiger partial charge in [-0.2, -0.15) is 0 Å². The van der Waals surface area contributed by atoms with Gasteiger partial charge in [-0.15, -0.1) is 0 Å². The molecule has 72 valence electrons. The minimum Gasteiger partial charge on any atom is -0.491 e. The second-order valence-corrected chi connectivity index (χ2v) is 2.79. The van der Waals surface area contributed by atoms with Gasteiger partial charge >= 0.3 is 0 Å². The molecule has 2 nitrogen and oxygen atoms in total. The summed E-state index contributed by atoms with van der Waals surface area (Å²) in [5.74, 6) is 0.594. The molecule has 0 saturated carbocycles. The van der Waals surface area contributed by atoms with E-state index in [0.717, 1.165) is 5.56 Å². The van der Waals surface area contributed by atoms with E-state index in [-0.39, 0.29) is 6.61 Å². The third kappa shape index (κ3) is 3.03. The van der Waals surface area contributed by atoms with Crippen LogP contribution in [0.1, 0.15) is 18.6 Å². The Morgan fingerprint density at radius 1 is 1.54 bits per heavy atom. The van der Waals surface area contributed by atoms with Crippen molar-refractivity contribution in [1.82, 2.24) is 0 Å². The van der Waals surface area contributed by atoms with Gasteiger partial charge in [-0.05, 0) is 24.6 Å². The number of aliphatic hydroxyl groups excluding tert-OH is 1. The highest BCUT2D eigenvalue weighted by atomic mass is 19.1. The number of alkyl halides is 1. The van der Waals surface area contributed by atoms with E-state index in [2.05, 4.69) is 0 Å². The molecule has 1 atom stereocenters. The largest absolute Gasteiger partial charge is 0.491 e. The molecule has 3 heteroatoms. The van der Waals surface area contributed by atoms with Crippen LogP contribution in [0.2, 0.25) is 0 Å². The SMILES string of the molecule is C[C@H](O)c1cccc(OCCF)c1. The molecular formula is C10H13FO2. The van der Waals surface area contributed by atoms with Gasteiger partial charge in [-0.1, -0.05) is 12.1 Å². The van der Waals surface area contributed by atoms with E-state index in [9.17, 15) is 9.50 Å². The number of aliphatic hydroxyl groups is 1. The lowest BCUT2D eigenvalue weighted by Crippen LogP contribution is -1.99. The van der Waals surface area contributed by atoms with Crippen LogP contribution in [0.5, 0.6) is 5.75 Å². The molecule has 0 aliphatic heterocycles. The molecule has 1 rings (SSSR count). The molecule has 0 bridgehead atoms. The normalized spacial score (nSPS) is 12.5. The van der Waals surface area contributed by atoms with Crippen LogP contribution in [0.3, 0.4) is 0 Å². The minimum atomic E-state index is -0.520. The molecule has 0 aliphatic rings. The van der Waals surface area contributed by atoms with E-state index in [0.29, 0.717) is 5.75 Å². The van der Waals surface area contributed by atoms with Gasteiger partial charge in [-0.25, -0.2) is 4.39 Å². The summed E-state index contributed by atoms with van der Waals surface area (Å²) in [5.41, 5.74) is 0.774. The van der Waals surface area contributed by atoms with Gasteiger partial charge in [0, 0.05) is 0 Å². The lowest BCUT2D eigenvalue weighted by molar-refractivity contribution is 0.198. The number of rotatable bonds is 4. The van der Waals surface area contributed by atoms with E-state index in [1.54, 1.807) is 31.2 Å². The first-order chi connectivity index (χ1) is 6.24. The average molecular weight is 184 g/mol. The highest BCUT2D eigenvalue weighted by Crippen LogP contribution is 2.18. The van der Waals surface area contributed by atoms with E-state index in [4.69, 9.17) is 4.74 Å². The van der Waals surface area contributed by atoms with Crippen molar-refractivity contribution < 1.29 is 14.2 Å². The lowest BCUT2D eigenvalue weighted by atomic mass is 10.1. The Kier molecular flexibility index (Phi) is 3.71. The summed E-state index contributed by atoms with van der Waals surface area (Å²) in [6.07, 6.45) is -0.520. The van der Waals surface area contributed by atoms with Crippen LogP contribution in [-0.4, -0.2) is 18.4 Å². The summed E-state index contributed by atoms with van der Waals surface area (Å²) in [5, 5.41) is 9.24. The van der Waals surface area contributed by atoms with Crippen LogP contribution in [0.25, 0.3) is 0 Å². The second kappa shape index (κ2) is 4.82. The van der Waals surface area contributed by atoms with E-state index in [1.807, 2.05) is 0 Å². The van der Waals surface area contributed by atoms with Crippen molar-refractivity contribution in [2.45, 2.75) is 13.0 Å². The predicted octanol–water partition coefficient (Wildman–Crippen LogP) is 2.09. The first-order valence-corrected chi connectivity index (χ1v) is 4.21. The van der Waals surface area contributed by atoms with Crippen molar-refractivity contribution >= 4 is 0 Å². The number of hydrogen-bond donors (Lipinski definition) is 1. The van der Waals surface area contributed by atoms with Crippen LogP contribution in [0, 0.1) is 0 Å². The molecule has 0 aromatic heterocycles. The Balaban J connectivity index is 2.68. The van der Waals surface area contributed by atoms with Crippen molar-refractivity contribution in [2.24, 2.45) is 0 Å². The maximum Gasteiger partial charge on any atom is 0.123 e. The fraction of sp³-hybridized carbons (Fsp3) is 0.400. The maximum atomic E-state index is 11.8. The summed E-state index contributed by atoms with van der Waals surface area (Å²) in [7, 11) is 0. The van der Waals surface area contributed by atoms with Crippen LogP contribution in [0.4, 0.5) is 4.39 Å². The maximum absolute atomic E-state index is 11.8. The number of benzene rings is 1. The fourth-order valence-electron chi connectivity index (χ4n) is 1.02. The van der Waals surface area contributed by atoms with Gasteiger partial charge < -0.3 is 9.84 Å². The highest BCUT2D eigenvalue weighted by molar-refractivity contribution is 5.29. The highest BCUT2D eigenvalue weighted by Gasteiger charge is 2.01. The average Bonchev–Trinajstić information content (AvgIpc) is 2.15. The summed E-state index contributed by atoms with van der Waals surface area (Å²) >= 11 is 0. The van der Waals surface area contributed by atoms with Gasteiger partial charge in [0.2, 0.25) is 0 Å². The molecule has 1 aromatic rings. The van der Waals surface area contributed by atoms with Crippen molar-refractivity contribution in [3.63, 3.8) is 0 Å². The van der Waals surface area contributed by atoms with Crippen molar-refractivity contribution in [2.75, 3.05) is 13.3 Å². The molecule has 0 spiro atoms. The summed E-state index contributed by atoms with van der Waals surface area (Å²) in [6.45, 7) is 1.23. The van der Waals surface area contributed by atoms with Gasteiger partial charge in [0.25, 0.3) is 0 Å². The summed E-state index contributed by atoms with van der Waals surface area (Å²) in [4.78, 5) is 0. The molecule has 0 radical (unpaired) electrons. The Hall–Kier alpha value is -1.09. The quantitative estimate of drug-likeness (QED) is 0.776. The van der Waals surface area contributed by atoms with Crippen molar-refractivity contribution in [3.8, 4) is 5.75 Å². The van der Waals surface area contributed by atoms with Crippen LogP contribution < -0.4 is 4.74 Å². The lowest BCUT2D eigenvalue weighted by Gasteiger charge is -2.07. The topological polar surface area (TPSA) is 29.5 Å².